The van der Waals surface area contributed by atoms with E-state index in [1.807, 2.05) is 6.07 Å². The molecule has 0 bridgehead atoms. The van der Waals surface area contributed by atoms with Gasteiger partial charge >= 0.3 is 0 Å². The molecule has 1 aliphatic heterocycles. The third-order valence-corrected chi connectivity index (χ3v) is 3.66. The summed E-state index contributed by atoms with van der Waals surface area (Å²) < 4.78 is 5.09. The smallest absolute Gasteiger partial charge is 0.160 e. The topological polar surface area (TPSA) is 133 Å². The number of aliphatic hydroxyl groups is 1. The van der Waals surface area contributed by atoms with E-state index in [1.165, 1.54) is 32.3 Å². The first kappa shape index (κ1) is 17.6. The van der Waals surface area contributed by atoms with Gasteiger partial charge in [-0.15, -0.1) is 0 Å². The number of nitriles is 3. The van der Waals surface area contributed by atoms with Crippen molar-refractivity contribution in [2.24, 2.45) is 0 Å². The second kappa shape index (κ2) is 6.80. The lowest BCUT2D eigenvalue weighted by Gasteiger charge is -2.20. The van der Waals surface area contributed by atoms with E-state index in [1.54, 1.807) is 24.3 Å². The lowest BCUT2D eigenvalue weighted by atomic mass is 10.0. The summed E-state index contributed by atoms with van der Waals surface area (Å²) in [6.07, 6.45) is 2.95. The van der Waals surface area contributed by atoms with E-state index in [0.717, 1.165) is 0 Å². The molecule has 0 radical (unpaired) electrons. The number of phenols is 1. The molecule has 0 fully saturated rings. The van der Waals surface area contributed by atoms with Crippen LogP contribution in [-0.2, 0) is 0 Å². The van der Waals surface area contributed by atoms with Gasteiger partial charge in [0.15, 0.2) is 11.3 Å². The number of benzene rings is 1. The van der Waals surface area contributed by atoms with Crippen LogP contribution in [-0.4, -0.2) is 23.0 Å². The highest BCUT2D eigenvalue weighted by Crippen LogP contribution is 2.34. The second-order valence-corrected chi connectivity index (χ2v) is 5.33. The molecule has 1 aromatic rings. The van der Waals surface area contributed by atoms with Gasteiger partial charge in [-0.3, -0.25) is 0 Å². The minimum atomic E-state index is -1.65. The summed E-state index contributed by atoms with van der Waals surface area (Å²) in [6.45, 7) is 1.40. The molecule has 1 heterocycles. The maximum atomic E-state index is 10.5. The van der Waals surface area contributed by atoms with Gasteiger partial charge in [0.2, 0.25) is 0 Å². The zero-order valence-electron chi connectivity index (χ0n) is 13.5. The zero-order valence-corrected chi connectivity index (χ0v) is 13.5. The maximum absolute atomic E-state index is 10.5. The molecule has 1 atom stereocenters. The molecule has 7 heteroatoms. The summed E-state index contributed by atoms with van der Waals surface area (Å²) in [7, 11) is 1.49. The lowest BCUT2D eigenvalue weighted by Crippen LogP contribution is -2.38. The second-order valence-electron chi connectivity index (χ2n) is 5.33. The molecule has 0 saturated carbocycles. The Balaban J connectivity index is 2.58. The Morgan fingerprint density at radius 3 is 2.48 bits per heavy atom. The van der Waals surface area contributed by atoms with Crippen LogP contribution >= 0.6 is 0 Å². The minimum Gasteiger partial charge on any atom is -0.507 e. The van der Waals surface area contributed by atoms with E-state index in [2.05, 4.69) is 5.32 Å². The Bertz CT molecular complexity index is 919. The predicted molar refractivity (Wildman–Crippen MR) is 88.3 cm³/mol. The summed E-state index contributed by atoms with van der Waals surface area (Å²) >= 11 is 0. The molecule has 0 saturated heterocycles. The fourth-order valence-corrected chi connectivity index (χ4v) is 2.40. The predicted octanol–water partition coefficient (Wildman–Crippen LogP) is 1.85. The van der Waals surface area contributed by atoms with Crippen LogP contribution in [0.4, 0.5) is 0 Å². The SMILES string of the molecule is COc1ccc(O)c(/C=C/C2=C(C#N)C(=C(C#N)C#N)NC2(C)O)c1. The molecule has 2 rings (SSSR count). The quantitative estimate of drug-likeness (QED) is 0.718. The number of hydrogen-bond acceptors (Lipinski definition) is 7. The number of hydrogen-bond donors (Lipinski definition) is 3. The first-order valence-electron chi connectivity index (χ1n) is 7.13. The van der Waals surface area contributed by atoms with Crippen LogP contribution in [0, 0.1) is 34.0 Å². The van der Waals surface area contributed by atoms with Gasteiger partial charge in [-0.25, -0.2) is 0 Å². The molecule has 0 aliphatic carbocycles. The molecule has 25 heavy (non-hydrogen) atoms. The molecule has 1 aromatic carbocycles. The van der Waals surface area contributed by atoms with Crippen molar-refractivity contribution in [3.8, 4) is 29.7 Å². The number of methoxy groups -OCH3 is 1. The summed E-state index contributed by atoms with van der Waals surface area (Å²) in [4.78, 5) is 0. The van der Waals surface area contributed by atoms with Crippen LogP contribution in [0.3, 0.4) is 0 Å². The zero-order chi connectivity index (χ0) is 18.6. The van der Waals surface area contributed by atoms with Crippen molar-refractivity contribution in [2.75, 3.05) is 7.11 Å². The molecule has 0 aromatic heterocycles. The molecule has 124 valence electrons. The van der Waals surface area contributed by atoms with Crippen molar-refractivity contribution in [3.05, 3.63) is 52.3 Å². The molecule has 1 unspecified atom stereocenters. The summed E-state index contributed by atoms with van der Waals surface area (Å²) in [6, 6.07) is 9.92. The molecular formula is C18H14N4O3. The highest BCUT2D eigenvalue weighted by Gasteiger charge is 2.38. The minimum absolute atomic E-state index is 0.00717. The highest BCUT2D eigenvalue weighted by atomic mass is 16.5. The summed E-state index contributed by atoms with van der Waals surface area (Å²) in [5.74, 6) is 0.521. The van der Waals surface area contributed by atoms with E-state index in [4.69, 9.17) is 15.3 Å². The van der Waals surface area contributed by atoms with Crippen molar-refractivity contribution in [3.63, 3.8) is 0 Å². The van der Waals surface area contributed by atoms with Gasteiger partial charge in [0.05, 0.1) is 18.4 Å². The number of nitrogens with zero attached hydrogens (tertiary/aromatic N) is 3. The van der Waals surface area contributed by atoms with Crippen LogP contribution in [0.25, 0.3) is 6.08 Å². The number of ether oxygens (including phenoxy) is 1. The van der Waals surface area contributed by atoms with Crippen LogP contribution in [0.2, 0.25) is 0 Å². The number of aromatic hydroxyl groups is 1. The van der Waals surface area contributed by atoms with Gasteiger partial charge in [-0.1, -0.05) is 12.2 Å². The molecule has 1 aliphatic rings. The number of rotatable bonds is 3. The maximum Gasteiger partial charge on any atom is 0.160 e. The molecule has 7 nitrogen and oxygen atoms in total. The molecule has 3 N–H and O–H groups in total. The van der Waals surface area contributed by atoms with E-state index >= 15 is 0 Å². The number of allylic oxidation sites excluding steroid dienone is 2. The Morgan fingerprint density at radius 1 is 1.24 bits per heavy atom. The Labute approximate surface area is 144 Å². The van der Waals surface area contributed by atoms with Crippen molar-refractivity contribution in [1.82, 2.24) is 5.32 Å². The van der Waals surface area contributed by atoms with Gasteiger partial charge in [-0.05, 0) is 25.1 Å². The average Bonchev–Trinajstić information content (AvgIpc) is 2.85. The monoisotopic (exact) mass is 334 g/mol. The van der Waals surface area contributed by atoms with E-state index in [-0.39, 0.29) is 28.2 Å². The fourth-order valence-electron chi connectivity index (χ4n) is 2.40. The van der Waals surface area contributed by atoms with Gasteiger partial charge in [0.1, 0.15) is 29.7 Å². The normalized spacial score (nSPS) is 19.1. The van der Waals surface area contributed by atoms with Gasteiger partial charge < -0.3 is 20.3 Å². The third kappa shape index (κ3) is 3.30. The van der Waals surface area contributed by atoms with Gasteiger partial charge in [-0.2, -0.15) is 15.8 Å². The highest BCUT2D eigenvalue weighted by molar-refractivity contribution is 5.68. The van der Waals surface area contributed by atoms with E-state index in [9.17, 15) is 15.5 Å². The van der Waals surface area contributed by atoms with Crippen molar-refractivity contribution in [2.45, 2.75) is 12.6 Å². The fraction of sp³-hybridized carbons (Fsp3) is 0.167. The summed E-state index contributed by atoms with van der Waals surface area (Å²) in [5.41, 5.74) is -1.39. The molecule has 0 spiro atoms. The van der Waals surface area contributed by atoms with Crippen molar-refractivity contribution in [1.29, 1.82) is 15.8 Å². The Morgan fingerprint density at radius 2 is 1.92 bits per heavy atom. The number of nitrogens with one attached hydrogen (secondary N) is 1. The third-order valence-electron chi connectivity index (χ3n) is 3.66. The standard InChI is InChI=1S/C18H14N4O3/c1-18(24)15(14(10-21)17(22-18)12(8-19)9-20)5-3-11-7-13(25-2)4-6-16(11)23/h3-7,22-24H,1-2H3/b5-3+. The molecule has 0 amide bonds. The van der Waals surface area contributed by atoms with Crippen LogP contribution in [0.1, 0.15) is 12.5 Å². The Kier molecular flexibility index (Phi) is 4.79. The van der Waals surface area contributed by atoms with Crippen LogP contribution < -0.4 is 10.1 Å². The van der Waals surface area contributed by atoms with Gasteiger partial charge in [0, 0.05) is 11.1 Å². The van der Waals surface area contributed by atoms with Crippen LogP contribution in [0.5, 0.6) is 11.5 Å². The Hall–Kier alpha value is -3.73. The first-order valence-corrected chi connectivity index (χ1v) is 7.13. The number of phenolic OH excluding ortho intramolecular Hbond substituents is 1. The lowest BCUT2D eigenvalue weighted by molar-refractivity contribution is 0.0851. The van der Waals surface area contributed by atoms with Gasteiger partial charge in [0.25, 0.3) is 0 Å². The summed E-state index contributed by atoms with van der Waals surface area (Å²) in [5, 5.41) is 50.4. The largest absolute Gasteiger partial charge is 0.507 e. The van der Waals surface area contributed by atoms with E-state index in [0.29, 0.717) is 11.3 Å². The molecular weight excluding hydrogens is 320 g/mol. The van der Waals surface area contributed by atoms with Crippen molar-refractivity contribution < 1.29 is 14.9 Å². The van der Waals surface area contributed by atoms with Crippen molar-refractivity contribution >= 4 is 6.08 Å². The van der Waals surface area contributed by atoms with Crippen LogP contribution in [0.15, 0.2) is 46.7 Å². The average molecular weight is 334 g/mol. The first-order chi connectivity index (χ1) is 11.9. The van der Waals surface area contributed by atoms with E-state index < -0.39 is 5.72 Å².